The van der Waals surface area contributed by atoms with Crippen LogP contribution < -0.4 is 10.5 Å². The molecule has 0 fully saturated rings. The molecule has 19 heavy (non-hydrogen) atoms. The molecule has 4 nitrogen and oxygen atoms in total. The van der Waals surface area contributed by atoms with Gasteiger partial charge in [0.05, 0.1) is 18.5 Å². The Bertz CT molecular complexity index is 485. The lowest BCUT2D eigenvalue weighted by Crippen LogP contribution is -2.10. The Morgan fingerprint density at radius 2 is 2.11 bits per heavy atom. The zero-order valence-electron chi connectivity index (χ0n) is 11.1. The molecular weight excluding hydrogens is 238 g/mol. The fourth-order valence-electron chi connectivity index (χ4n) is 1.73. The summed E-state index contributed by atoms with van der Waals surface area (Å²) in [6.07, 6.45) is 5.19. The second-order valence-electron chi connectivity index (χ2n) is 4.35. The van der Waals surface area contributed by atoms with Gasteiger partial charge in [-0.3, -0.25) is 9.97 Å². The molecule has 0 radical (unpaired) electrons. The number of rotatable bonds is 6. The van der Waals surface area contributed by atoms with E-state index in [1.54, 1.807) is 12.4 Å². The van der Waals surface area contributed by atoms with Crippen molar-refractivity contribution in [2.45, 2.75) is 25.8 Å². The highest BCUT2D eigenvalue weighted by Gasteiger charge is 2.04. The van der Waals surface area contributed by atoms with Gasteiger partial charge in [0.25, 0.3) is 0 Å². The molecule has 2 rings (SSSR count). The summed E-state index contributed by atoms with van der Waals surface area (Å²) in [4.78, 5) is 8.56. The van der Waals surface area contributed by atoms with E-state index in [0.29, 0.717) is 6.61 Å². The van der Waals surface area contributed by atoms with Crippen LogP contribution in [-0.2, 0) is 6.42 Å². The fourth-order valence-corrected chi connectivity index (χ4v) is 1.73. The van der Waals surface area contributed by atoms with E-state index in [2.05, 4.69) is 9.97 Å². The molecule has 2 heterocycles. The van der Waals surface area contributed by atoms with Crippen molar-refractivity contribution in [3.8, 4) is 5.75 Å². The molecule has 0 aliphatic heterocycles. The molecule has 0 spiro atoms. The van der Waals surface area contributed by atoms with Crippen LogP contribution in [0.15, 0.2) is 42.7 Å². The van der Waals surface area contributed by atoms with Crippen LogP contribution in [0.4, 0.5) is 0 Å². The van der Waals surface area contributed by atoms with Crippen LogP contribution >= 0.6 is 0 Å². The third-order valence-electron chi connectivity index (χ3n) is 2.93. The van der Waals surface area contributed by atoms with Gasteiger partial charge in [0.2, 0.25) is 0 Å². The van der Waals surface area contributed by atoms with Crippen LogP contribution in [0.3, 0.4) is 0 Å². The second-order valence-corrected chi connectivity index (χ2v) is 4.35. The Hall–Kier alpha value is -1.94. The molecule has 0 bridgehead atoms. The summed E-state index contributed by atoms with van der Waals surface area (Å²) in [5, 5.41) is 0. The van der Waals surface area contributed by atoms with Crippen molar-refractivity contribution in [3.63, 3.8) is 0 Å². The largest absolute Gasteiger partial charge is 0.492 e. The van der Waals surface area contributed by atoms with Crippen LogP contribution in [0, 0.1) is 0 Å². The van der Waals surface area contributed by atoms with Gasteiger partial charge in [-0.15, -0.1) is 0 Å². The number of aromatic nitrogens is 2. The minimum Gasteiger partial charge on any atom is -0.492 e. The van der Waals surface area contributed by atoms with Crippen molar-refractivity contribution in [3.05, 3.63) is 54.1 Å². The number of hydrogen-bond donors (Lipinski definition) is 1. The van der Waals surface area contributed by atoms with Crippen LogP contribution in [0.1, 0.15) is 30.8 Å². The highest BCUT2D eigenvalue weighted by atomic mass is 16.5. The molecule has 2 aromatic heterocycles. The molecule has 0 amide bonds. The minimum absolute atomic E-state index is 0.00238. The van der Waals surface area contributed by atoms with E-state index in [1.165, 1.54) is 0 Å². The summed E-state index contributed by atoms with van der Waals surface area (Å²) < 4.78 is 5.63. The van der Waals surface area contributed by atoms with Gasteiger partial charge in [-0.1, -0.05) is 13.0 Å². The molecular formula is C15H19N3O. The number of ether oxygens (including phenoxy) is 1. The van der Waals surface area contributed by atoms with E-state index in [4.69, 9.17) is 10.5 Å². The van der Waals surface area contributed by atoms with E-state index in [1.807, 2.05) is 37.3 Å². The van der Waals surface area contributed by atoms with E-state index in [-0.39, 0.29) is 6.04 Å². The number of nitrogens with two attached hydrogens (primary N) is 1. The van der Waals surface area contributed by atoms with Gasteiger partial charge in [-0.2, -0.15) is 0 Å². The number of nitrogens with zero attached hydrogens (tertiary/aromatic N) is 2. The van der Waals surface area contributed by atoms with Gasteiger partial charge < -0.3 is 10.5 Å². The quantitative estimate of drug-likeness (QED) is 0.863. The maximum atomic E-state index is 5.91. The molecule has 2 aromatic rings. The SMILES string of the molecule is CCC(N)c1ccc(OCCc2ccccn2)cn1. The van der Waals surface area contributed by atoms with E-state index >= 15 is 0 Å². The van der Waals surface area contributed by atoms with Gasteiger partial charge >= 0.3 is 0 Å². The van der Waals surface area contributed by atoms with Crippen LogP contribution in [0.5, 0.6) is 5.75 Å². The average molecular weight is 257 g/mol. The number of pyridine rings is 2. The zero-order valence-corrected chi connectivity index (χ0v) is 11.1. The third kappa shape index (κ3) is 4.03. The van der Waals surface area contributed by atoms with E-state index in [0.717, 1.165) is 30.0 Å². The lowest BCUT2D eigenvalue weighted by atomic mass is 10.1. The monoisotopic (exact) mass is 257 g/mol. The smallest absolute Gasteiger partial charge is 0.137 e. The van der Waals surface area contributed by atoms with Gasteiger partial charge in [0.1, 0.15) is 5.75 Å². The Morgan fingerprint density at radius 1 is 1.21 bits per heavy atom. The van der Waals surface area contributed by atoms with Crippen molar-refractivity contribution >= 4 is 0 Å². The topological polar surface area (TPSA) is 61.0 Å². The highest BCUT2D eigenvalue weighted by molar-refractivity contribution is 5.21. The maximum absolute atomic E-state index is 5.91. The van der Waals surface area contributed by atoms with Crippen LogP contribution in [0.25, 0.3) is 0 Å². The van der Waals surface area contributed by atoms with Gasteiger partial charge in [0, 0.05) is 24.4 Å². The maximum Gasteiger partial charge on any atom is 0.137 e. The lowest BCUT2D eigenvalue weighted by molar-refractivity contribution is 0.319. The summed E-state index contributed by atoms with van der Waals surface area (Å²) in [6.45, 7) is 2.64. The molecule has 0 aliphatic rings. The minimum atomic E-state index is 0.00238. The standard InChI is InChI=1S/C15H19N3O/c1-2-14(16)15-7-6-13(11-18-15)19-10-8-12-5-3-4-9-17-12/h3-7,9,11,14H,2,8,10,16H2,1H3. The molecule has 0 aliphatic carbocycles. The van der Waals surface area contributed by atoms with E-state index < -0.39 is 0 Å². The Kier molecular flexibility index (Phi) is 4.86. The molecule has 2 N–H and O–H groups in total. The van der Waals surface area contributed by atoms with Crippen molar-refractivity contribution < 1.29 is 4.74 Å². The van der Waals surface area contributed by atoms with Crippen LogP contribution in [0.2, 0.25) is 0 Å². The molecule has 1 unspecified atom stereocenters. The van der Waals surface area contributed by atoms with E-state index in [9.17, 15) is 0 Å². The number of hydrogen-bond acceptors (Lipinski definition) is 4. The Morgan fingerprint density at radius 3 is 2.74 bits per heavy atom. The zero-order chi connectivity index (χ0) is 13.5. The van der Waals surface area contributed by atoms with Crippen molar-refractivity contribution in [2.24, 2.45) is 5.73 Å². The van der Waals surface area contributed by atoms with Crippen molar-refractivity contribution in [1.29, 1.82) is 0 Å². The third-order valence-corrected chi connectivity index (χ3v) is 2.93. The second kappa shape index (κ2) is 6.85. The first-order chi connectivity index (χ1) is 9.29. The molecule has 0 saturated carbocycles. The van der Waals surface area contributed by atoms with Gasteiger partial charge in [-0.05, 0) is 30.7 Å². The lowest BCUT2D eigenvalue weighted by Gasteiger charge is -2.09. The summed E-state index contributed by atoms with van der Waals surface area (Å²) >= 11 is 0. The first-order valence-corrected chi connectivity index (χ1v) is 6.54. The summed E-state index contributed by atoms with van der Waals surface area (Å²) in [5.41, 5.74) is 7.84. The molecule has 100 valence electrons. The van der Waals surface area contributed by atoms with Gasteiger partial charge in [0.15, 0.2) is 0 Å². The molecule has 4 heteroatoms. The Balaban J connectivity index is 1.83. The van der Waals surface area contributed by atoms with Crippen LogP contribution in [-0.4, -0.2) is 16.6 Å². The average Bonchev–Trinajstić information content (AvgIpc) is 2.48. The summed E-state index contributed by atoms with van der Waals surface area (Å²) in [7, 11) is 0. The first-order valence-electron chi connectivity index (χ1n) is 6.54. The molecule has 0 aromatic carbocycles. The predicted octanol–water partition coefficient (Wildman–Crippen LogP) is 2.51. The summed E-state index contributed by atoms with van der Waals surface area (Å²) in [5.74, 6) is 0.767. The Labute approximate surface area is 113 Å². The van der Waals surface area contributed by atoms with Gasteiger partial charge in [-0.25, -0.2) is 0 Å². The fraction of sp³-hybridized carbons (Fsp3) is 0.333. The normalized spacial score (nSPS) is 12.1. The predicted molar refractivity (Wildman–Crippen MR) is 74.9 cm³/mol. The first kappa shape index (κ1) is 13.5. The molecule has 1 atom stereocenters. The van der Waals surface area contributed by atoms with Crippen molar-refractivity contribution in [2.75, 3.05) is 6.61 Å². The van der Waals surface area contributed by atoms with Crippen molar-refractivity contribution in [1.82, 2.24) is 9.97 Å². The highest BCUT2D eigenvalue weighted by Crippen LogP contribution is 2.15. The summed E-state index contributed by atoms with van der Waals surface area (Å²) in [6, 6.07) is 9.71. The molecule has 0 saturated heterocycles.